The molecule has 0 bridgehead atoms. The Balaban J connectivity index is 1.66. The highest BCUT2D eigenvalue weighted by atomic mass is 35.5. The average molecular weight is 379 g/mol. The predicted octanol–water partition coefficient (Wildman–Crippen LogP) is 4.87. The Hall–Kier alpha value is -1.20. The summed E-state index contributed by atoms with van der Waals surface area (Å²) in [5.41, 5.74) is 1.32. The fourth-order valence-corrected chi connectivity index (χ4v) is 2.85. The lowest BCUT2D eigenvalue weighted by atomic mass is 9.79. The molecule has 0 aliphatic carbocycles. The van der Waals surface area contributed by atoms with E-state index >= 15 is 0 Å². The number of ether oxygens (including phenoxy) is 1. The summed E-state index contributed by atoms with van der Waals surface area (Å²) in [6.45, 7) is 8.59. The standard InChI is InChI=1S/C19H21BCl2O3/c1-18(2)19(3,4)25-20(24-18)14-10-8-13(9-11-14)12-23-16-7-5-6-15(21)17(16)22/h5-11H,12H2,1-4H3. The van der Waals surface area contributed by atoms with Crippen molar-refractivity contribution in [2.24, 2.45) is 0 Å². The van der Waals surface area contributed by atoms with Crippen LogP contribution in [-0.4, -0.2) is 18.3 Å². The van der Waals surface area contributed by atoms with Gasteiger partial charge in [0.05, 0.1) is 16.2 Å². The smallest absolute Gasteiger partial charge is 0.487 e. The first-order valence-corrected chi connectivity index (χ1v) is 8.96. The van der Waals surface area contributed by atoms with Crippen LogP contribution in [0.4, 0.5) is 0 Å². The monoisotopic (exact) mass is 378 g/mol. The maximum Gasteiger partial charge on any atom is 0.494 e. The third-order valence-electron chi connectivity index (χ3n) is 4.82. The van der Waals surface area contributed by atoms with Crippen LogP contribution in [0.25, 0.3) is 0 Å². The summed E-state index contributed by atoms with van der Waals surface area (Å²) in [6, 6.07) is 13.3. The van der Waals surface area contributed by atoms with Gasteiger partial charge >= 0.3 is 7.12 Å². The van der Waals surface area contributed by atoms with Crippen molar-refractivity contribution in [3.63, 3.8) is 0 Å². The number of halogens is 2. The Morgan fingerprint density at radius 3 is 2.12 bits per heavy atom. The molecule has 0 N–H and O–H groups in total. The maximum absolute atomic E-state index is 6.13. The largest absolute Gasteiger partial charge is 0.494 e. The van der Waals surface area contributed by atoms with Gasteiger partial charge in [0.25, 0.3) is 0 Å². The molecule has 0 spiro atoms. The number of benzene rings is 2. The summed E-state index contributed by atoms with van der Waals surface area (Å²) in [7, 11) is -0.359. The molecular formula is C19H21BCl2O3. The Morgan fingerprint density at radius 1 is 0.920 bits per heavy atom. The molecule has 0 amide bonds. The Kier molecular flexibility index (Phi) is 5.09. The van der Waals surface area contributed by atoms with Crippen molar-refractivity contribution in [1.29, 1.82) is 0 Å². The van der Waals surface area contributed by atoms with Crippen molar-refractivity contribution >= 4 is 35.8 Å². The molecule has 2 aromatic carbocycles. The van der Waals surface area contributed by atoms with Crippen molar-refractivity contribution in [1.82, 2.24) is 0 Å². The second-order valence-electron chi connectivity index (χ2n) is 7.17. The molecular weight excluding hydrogens is 358 g/mol. The van der Waals surface area contributed by atoms with Gasteiger partial charge in [-0.15, -0.1) is 0 Å². The minimum absolute atomic E-state index is 0.344. The van der Waals surface area contributed by atoms with Crippen LogP contribution in [0.15, 0.2) is 42.5 Å². The molecule has 132 valence electrons. The zero-order valence-corrected chi connectivity index (χ0v) is 16.3. The SMILES string of the molecule is CC1(C)OB(c2ccc(COc3cccc(Cl)c3Cl)cc2)OC1(C)C. The molecule has 0 aromatic heterocycles. The third kappa shape index (κ3) is 3.82. The van der Waals surface area contributed by atoms with Crippen LogP contribution in [0.5, 0.6) is 5.75 Å². The van der Waals surface area contributed by atoms with E-state index in [1.807, 2.05) is 58.0 Å². The van der Waals surface area contributed by atoms with E-state index in [1.165, 1.54) is 0 Å². The highest BCUT2D eigenvalue weighted by Crippen LogP contribution is 2.36. The van der Waals surface area contributed by atoms with E-state index in [-0.39, 0.29) is 18.3 Å². The summed E-state index contributed by atoms with van der Waals surface area (Å²) in [5.74, 6) is 0.573. The number of rotatable bonds is 4. The van der Waals surface area contributed by atoms with Crippen molar-refractivity contribution < 1.29 is 14.0 Å². The molecule has 1 fully saturated rings. The van der Waals surface area contributed by atoms with E-state index in [4.69, 9.17) is 37.2 Å². The van der Waals surface area contributed by atoms with Crippen molar-refractivity contribution in [2.45, 2.75) is 45.5 Å². The molecule has 3 rings (SSSR count). The normalized spacial score (nSPS) is 18.4. The van der Waals surface area contributed by atoms with Gasteiger partial charge in [0.2, 0.25) is 0 Å². The van der Waals surface area contributed by atoms with E-state index in [2.05, 4.69) is 0 Å². The fraction of sp³-hybridized carbons (Fsp3) is 0.368. The minimum atomic E-state index is -0.359. The van der Waals surface area contributed by atoms with Gasteiger partial charge in [0, 0.05) is 0 Å². The van der Waals surface area contributed by atoms with Crippen LogP contribution in [0.2, 0.25) is 10.0 Å². The van der Waals surface area contributed by atoms with Gasteiger partial charge in [-0.05, 0) is 50.9 Å². The van der Waals surface area contributed by atoms with Gasteiger partial charge in [0.1, 0.15) is 17.4 Å². The Morgan fingerprint density at radius 2 is 1.52 bits per heavy atom. The van der Waals surface area contributed by atoms with Gasteiger partial charge in [0.15, 0.2) is 0 Å². The zero-order chi connectivity index (χ0) is 18.2. The first-order chi connectivity index (χ1) is 11.7. The first kappa shape index (κ1) is 18.6. The van der Waals surface area contributed by atoms with Gasteiger partial charge in [-0.3, -0.25) is 0 Å². The minimum Gasteiger partial charge on any atom is -0.487 e. The van der Waals surface area contributed by atoms with E-state index in [1.54, 1.807) is 12.1 Å². The predicted molar refractivity (Wildman–Crippen MR) is 103 cm³/mol. The summed E-state index contributed by atoms with van der Waals surface area (Å²) in [4.78, 5) is 0. The zero-order valence-electron chi connectivity index (χ0n) is 14.8. The molecule has 3 nitrogen and oxygen atoms in total. The van der Waals surface area contributed by atoms with E-state index < -0.39 is 0 Å². The van der Waals surface area contributed by atoms with E-state index in [0.717, 1.165) is 11.0 Å². The van der Waals surface area contributed by atoms with Crippen LogP contribution >= 0.6 is 23.2 Å². The molecule has 0 saturated carbocycles. The van der Waals surface area contributed by atoms with Crippen LogP contribution in [-0.2, 0) is 15.9 Å². The molecule has 2 aromatic rings. The van der Waals surface area contributed by atoms with Gasteiger partial charge in [-0.25, -0.2) is 0 Å². The first-order valence-electron chi connectivity index (χ1n) is 8.21. The summed E-state index contributed by atoms with van der Waals surface area (Å²) < 4.78 is 17.9. The molecule has 0 radical (unpaired) electrons. The van der Waals surface area contributed by atoms with Crippen molar-refractivity contribution in [3.8, 4) is 5.75 Å². The second kappa shape index (κ2) is 6.84. The quantitative estimate of drug-likeness (QED) is 0.710. The van der Waals surface area contributed by atoms with Crippen molar-refractivity contribution in [3.05, 3.63) is 58.1 Å². The molecule has 1 aliphatic rings. The lowest BCUT2D eigenvalue weighted by Crippen LogP contribution is -2.41. The highest BCUT2D eigenvalue weighted by molar-refractivity contribution is 6.62. The lowest BCUT2D eigenvalue weighted by Gasteiger charge is -2.32. The average Bonchev–Trinajstić information content (AvgIpc) is 2.77. The molecule has 0 unspecified atom stereocenters. The van der Waals surface area contributed by atoms with Gasteiger partial charge in [-0.2, -0.15) is 0 Å². The molecule has 25 heavy (non-hydrogen) atoms. The van der Waals surface area contributed by atoms with Gasteiger partial charge < -0.3 is 14.0 Å². The summed E-state index contributed by atoms with van der Waals surface area (Å²) in [6.07, 6.45) is 0. The lowest BCUT2D eigenvalue weighted by molar-refractivity contribution is 0.00578. The van der Waals surface area contributed by atoms with Crippen molar-refractivity contribution in [2.75, 3.05) is 0 Å². The maximum atomic E-state index is 6.13. The molecule has 1 aliphatic heterocycles. The fourth-order valence-electron chi connectivity index (χ4n) is 2.51. The number of hydrogen-bond donors (Lipinski definition) is 0. The van der Waals surface area contributed by atoms with Crippen LogP contribution in [0, 0.1) is 0 Å². The second-order valence-corrected chi connectivity index (χ2v) is 7.96. The summed E-state index contributed by atoms with van der Waals surface area (Å²) in [5, 5.41) is 0.910. The molecule has 6 heteroatoms. The topological polar surface area (TPSA) is 27.7 Å². The molecule has 1 heterocycles. The van der Waals surface area contributed by atoms with E-state index in [0.29, 0.717) is 22.4 Å². The molecule has 0 atom stereocenters. The number of hydrogen-bond acceptors (Lipinski definition) is 3. The van der Waals surface area contributed by atoms with Gasteiger partial charge in [-0.1, -0.05) is 53.5 Å². The Bertz CT molecular complexity index is 744. The molecule has 1 saturated heterocycles. The van der Waals surface area contributed by atoms with Crippen LogP contribution in [0.3, 0.4) is 0 Å². The summed E-state index contributed by atoms with van der Waals surface area (Å²) >= 11 is 12.1. The van der Waals surface area contributed by atoms with Crippen LogP contribution < -0.4 is 10.2 Å². The van der Waals surface area contributed by atoms with Crippen LogP contribution in [0.1, 0.15) is 33.3 Å². The van der Waals surface area contributed by atoms with E-state index in [9.17, 15) is 0 Å². The third-order valence-corrected chi connectivity index (χ3v) is 5.62. The highest BCUT2D eigenvalue weighted by Gasteiger charge is 2.51. The Labute approximate surface area is 159 Å².